The lowest BCUT2D eigenvalue weighted by Crippen LogP contribution is -2.11. The minimum atomic E-state index is 0.0201. The van der Waals surface area contributed by atoms with Crippen LogP contribution in [-0.4, -0.2) is 59.2 Å². The minimum Gasteiger partial charge on any atom is -0.481 e. The van der Waals surface area contributed by atoms with Gasteiger partial charge >= 0.3 is 0 Å². The van der Waals surface area contributed by atoms with E-state index in [0.717, 1.165) is 28.9 Å². The molecule has 0 fully saturated rings. The number of pyridine rings is 1. The number of carbonyl (C=O) groups excluding carboxylic acids is 2. The molecule has 0 spiro atoms. The standard InChI is InChI=1S/C32H32N4O4/c1-36(2)15-5-8-28(37)18-23-9-11-26(12-10-23)30(38)19-25-7-4-6-24(16-25)17-27-20-32(35-22-34-27)40-29-13-14-31(39-3)33-21-29/h4-14,16,20-22H,15,17-19H2,1-3H3/b8-5+. The van der Waals surface area contributed by atoms with Crippen LogP contribution >= 0.6 is 0 Å². The van der Waals surface area contributed by atoms with Crippen molar-refractivity contribution in [3.05, 3.63) is 119 Å². The Morgan fingerprint density at radius 2 is 1.65 bits per heavy atom. The van der Waals surface area contributed by atoms with E-state index in [1.54, 1.807) is 49.7 Å². The fourth-order valence-corrected chi connectivity index (χ4v) is 4.01. The summed E-state index contributed by atoms with van der Waals surface area (Å²) in [6.07, 6.45) is 7.65. The maximum absolute atomic E-state index is 12.9. The highest BCUT2D eigenvalue weighted by atomic mass is 16.5. The molecule has 4 aromatic rings. The second-order valence-electron chi connectivity index (χ2n) is 9.59. The van der Waals surface area contributed by atoms with Crippen molar-refractivity contribution in [2.24, 2.45) is 0 Å². The van der Waals surface area contributed by atoms with Crippen LogP contribution in [0.15, 0.2) is 91.4 Å². The highest BCUT2D eigenvalue weighted by Crippen LogP contribution is 2.21. The molecule has 0 bridgehead atoms. The molecule has 2 heterocycles. The first-order valence-corrected chi connectivity index (χ1v) is 12.9. The number of nitrogens with zero attached hydrogens (tertiary/aromatic N) is 4. The van der Waals surface area contributed by atoms with Gasteiger partial charge in [0.1, 0.15) is 12.1 Å². The molecular formula is C32H32N4O4. The number of ether oxygens (including phenoxy) is 2. The van der Waals surface area contributed by atoms with Crippen LogP contribution in [0.25, 0.3) is 0 Å². The topological polar surface area (TPSA) is 94.5 Å². The van der Waals surface area contributed by atoms with Crippen LogP contribution < -0.4 is 9.47 Å². The molecule has 0 unspecified atom stereocenters. The fourth-order valence-electron chi connectivity index (χ4n) is 4.01. The number of Topliss-reactive ketones (excluding diaryl/α,β-unsaturated/α-hetero) is 1. The summed E-state index contributed by atoms with van der Waals surface area (Å²) in [6, 6.07) is 20.4. The first-order chi connectivity index (χ1) is 19.4. The average Bonchev–Trinajstić information content (AvgIpc) is 2.94. The van der Waals surface area contributed by atoms with Crippen LogP contribution in [0.1, 0.15) is 32.7 Å². The Balaban J connectivity index is 1.34. The number of hydrogen-bond acceptors (Lipinski definition) is 8. The van der Waals surface area contributed by atoms with Gasteiger partial charge in [0.05, 0.1) is 19.0 Å². The van der Waals surface area contributed by atoms with Crippen molar-refractivity contribution in [3.8, 4) is 17.5 Å². The molecule has 0 radical (unpaired) electrons. The molecule has 0 amide bonds. The zero-order valence-corrected chi connectivity index (χ0v) is 22.9. The molecule has 0 aliphatic carbocycles. The molecular weight excluding hydrogens is 504 g/mol. The summed E-state index contributed by atoms with van der Waals surface area (Å²) in [5, 5.41) is 0. The van der Waals surface area contributed by atoms with Crippen LogP contribution in [0.4, 0.5) is 0 Å². The molecule has 2 aromatic carbocycles. The van der Waals surface area contributed by atoms with E-state index >= 15 is 0 Å². The number of carbonyl (C=O) groups is 2. The highest BCUT2D eigenvalue weighted by molar-refractivity contribution is 5.97. The first-order valence-electron chi connectivity index (χ1n) is 12.9. The van der Waals surface area contributed by atoms with Crippen molar-refractivity contribution in [1.82, 2.24) is 19.9 Å². The van der Waals surface area contributed by atoms with E-state index in [4.69, 9.17) is 9.47 Å². The van der Waals surface area contributed by atoms with Gasteiger partial charge in [0.2, 0.25) is 11.8 Å². The van der Waals surface area contributed by atoms with Gasteiger partial charge in [-0.15, -0.1) is 0 Å². The third kappa shape index (κ3) is 8.68. The quantitative estimate of drug-likeness (QED) is 0.176. The van der Waals surface area contributed by atoms with Gasteiger partial charge in [0.25, 0.3) is 0 Å². The normalized spacial score (nSPS) is 11.1. The molecule has 204 valence electrons. The second-order valence-corrected chi connectivity index (χ2v) is 9.59. The Bertz CT molecular complexity index is 1470. The lowest BCUT2D eigenvalue weighted by atomic mass is 9.98. The molecule has 4 rings (SSSR count). The third-order valence-corrected chi connectivity index (χ3v) is 6.01. The Labute approximate surface area is 234 Å². The Hall–Kier alpha value is -4.69. The van der Waals surface area contributed by atoms with Crippen molar-refractivity contribution < 1.29 is 19.1 Å². The summed E-state index contributed by atoms with van der Waals surface area (Å²) >= 11 is 0. The predicted octanol–water partition coefficient (Wildman–Crippen LogP) is 4.92. The zero-order valence-electron chi connectivity index (χ0n) is 22.9. The van der Waals surface area contributed by atoms with E-state index in [0.29, 0.717) is 35.9 Å². The first kappa shape index (κ1) is 28.3. The fraction of sp³-hybridized carbons (Fsp3) is 0.219. The van der Waals surface area contributed by atoms with Gasteiger partial charge in [-0.25, -0.2) is 15.0 Å². The lowest BCUT2D eigenvalue weighted by Gasteiger charge is -2.08. The lowest BCUT2D eigenvalue weighted by molar-refractivity contribution is -0.114. The largest absolute Gasteiger partial charge is 0.481 e. The molecule has 8 heteroatoms. The molecule has 0 saturated carbocycles. The van der Waals surface area contributed by atoms with Gasteiger partial charge in [0, 0.05) is 43.5 Å². The maximum atomic E-state index is 12.9. The highest BCUT2D eigenvalue weighted by Gasteiger charge is 2.10. The van der Waals surface area contributed by atoms with Crippen molar-refractivity contribution in [3.63, 3.8) is 0 Å². The summed E-state index contributed by atoms with van der Waals surface area (Å²) in [4.78, 5) is 39.8. The van der Waals surface area contributed by atoms with Crippen molar-refractivity contribution in [1.29, 1.82) is 0 Å². The smallest absolute Gasteiger partial charge is 0.222 e. The molecule has 0 aliphatic rings. The van der Waals surface area contributed by atoms with E-state index < -0.39 is 0 Å². The van der Waals surface area contributed by atoms with Crippen LogP contribution in [-0.2, 0) is 24.1 Å². The Morgan fingerprint density at radius 1 is 0.850 bits per heavy atom. The summed E-state index contributed by atoms with van der Waals surface area (Å²) < 4.78 is 10.9. The van der Waals surface area contributed by atoms with E-state index in [9.17, 15) is 9.59 Å². The average molecular weight is 537 g/mol. The Kier molecular flexibility index (Phi) is 9.85. The van der Waals surface area contributed by atoms with Crippen LogP contribution in [0, 0.1) is 0 Å². The third-order valence-electron chi connectivity index (χ3n) is 6.01. The van der Waals surface area contributed by atoms with Crippen LogP contribution in [0.2, 0.25) is 0 Å². The van der Waals surface area contributed by atoms with E-state index in [-0.39, 0.29) is 18.0 Å². The van der Waals surface area contributed by atoms with Crippen LogP contribution in [0.5, 0.6) is 17.5 Å². The summed E-state index contributed by atoms with van der Waals surface area (Å²) in [7, 11) is 5.46. The van der Waals surface area contributed by atoms with Gasteiger partial charge in [-0.2, -0.15) is 0 Å². The zero-order chi connectivity index (χ0) is 28.3. The molecule has 2 aromatic heterocycles. The Morgan fingerprint density at radius 3 is 2.38 bits per heavy atom. The van der Waals surface area contributed by atoms with E-state index in [1.807, 2.05) is 61.5 Å². The summed E-state index contributed by atoms with van der Waals surface area (Å²) in [5.41, 5.74) is 4.24. The molecule has 8 nitrogen and oxygen atoms in total. The van der Waals surface area contributed by atoms with Crippen molar-refractivity contribution in [2.75, 3.05) is 27.7 Å². The number of ketones is 2. The van der Waals surface area contributed by atoms with Crippen molar-refractivity contribution >= 4 is 11.6 Å². The number of hydrogen-bond donors (Lipinski definition) is 0. The molecule has 40 heavy (non-hydrogen) atoms. The molecule has 0 saturated heterocycles. The van der Waals surface area contributed by atoms with E-state index in [1.165, 1.54) is 6.33 Å². The van der Waals surface area contributed by atoms with Gasteiger partial charge in [-0.1, -0.05) is 54.6 Å². The van der Waals surface area contributed by atoms with Gasteiger partial charge in [-0.3, -0.25) is 9.59 Å². The summed E-state index contributed by atoms with van der Waals surface area (Å²) in [5.74, 6) is 1.52. The van der Waals surface area contributed by atoms with Gasteiger partial charge < -0.3 is 14.4 Å². The number of rotatable bonds is 13. The number of methoxy groups -OCH3 is 1. The predicted molar refractivity (Wildman–Crippen MR) is 153 cm³/mol. The number of allylic oxidation sites excluding steroid dienone is 1. The molecule has 0 N–H and O–H groups in total. The molecule has 0 aliphatic heterocycles. The van der Waals surface area contributed by atoms with Gasteiger partial charge in [-0.05, 0) is 42.9 Å². The number of aromatic nitrogens is 3. The number of benzene rings is 2. The van der Waals surface area contributed by atoms with Gasteiger partial charge in [0.15, 0.2) is 11.6 Å². The minimum absolute atomic E-state index is 0.0201. The second kappa shape index (κ2) is 13.9. The SMILES string of the molecule is COc1ccc(Oc2cc(Cc3cccc(CC(=O)c4ccc(CC(=O)/C=C/CN(C)C)cc4)c3)ncn2)cn1. The summed E-state index contributed by atoms with van der Waals surface area (Å²) in [6.45, 7) is 0.720. The molecule has 0 atom stereocenters. The van der Waals surface area contributed by atoms with Crippen LogP contribution in [0.3, 0.4) is 0 Å². The monoisotopic (exact) mass is 536 g/mol. The van der Waals surface area contributed by atoms with Crippen molar-refractivity contribution in [2.45, 2.75) is 19.3 Å². The maximum Gasteiger partial charge on any atom is 0.222 e. The van der Waals surface area contributed by atoms with E-state index in [2.05, 4.69) is 15.0 Å². The number of likely N-dealkylation sites (N-methyl/N-ethyl adjacent to an activating group) is 1.